The van der Waals surface area contributed by atoms with E-state index in [2.05, 4.69) is 10.6 Å². The molecule has 0 bridgehead atoms. The Morgan fingerprint density at radius 1 is 1.32 bits per heavy atom. The number of hydrogen-bond acceptors (Lipinski definition) is 4. The first-order valence-corrected chi connectivity index (χ1v) is 8.46. The molecule has 19 heavy (non-hydrogen) atoms. The Morgan fingerprint density at radius 2 is 2.16 bits per heavy atom. The molecule has 2 aliphatic rings. The minimum absolute atomic E-state index is 0.0464. The number of nitrogens with one attached hydrogen (secondary N) is 2. The standard InChI is InChI=1S/C13H23N3O2S/c1-19-9-6-11-12(17)16(13(18)15-11)8-5-10-4-2-3-7-14-10/h10-11,14H,2-9H2,1H3,(H,15,18). The zero-order valence-electron chi connectivity index (χ0n) is 11.5. The van der Waals surface area contributed by atoms with Crippen molar-refractivity contribution in [1.29, 1.82) is 0 Å². The van der Waals surface area contributed by atoms with Crippen LogP contribution in [0.3, 0.4) is 0 Å². The number of urea groups is 1. The quantitative estimate of drug-likeness (QED) is 0.720. The molecule has 2 aliphatic heterocycles. The van der Waals surface area contributed by atoms with E-state index in [1.807, 2.05) is 6.26 Å². The first-order chi connectivity index (χ1) is 9.22. The van der Waals surface area contributed by atoms with E-state index < -0.39 is 0 Å². The smallest absolute Gasteiger partial charge is 0.324 e. The molecule has 5 nitrogen and oxygen atoms in total. The SMILES string of the molecule is CSCCC1NC(=O)N(CCC2CCCCN2)C1=O. The second-order valence-electron chi connectivity index (χ2n) is 5.21. The van der Waals surface area contributed by atoms with Crippen LogP contribution in [0.25, 0.3) is 0 Å². The third kappa shape index (κ3) is 3.86. The highest BCUT2D eigenvalue weighted by Gasteiger charge is 2.37. The van der Waals surface area contributed by atoms with Crippen LogP contribution in [0, 0.1) is 0 Å². The molecule has 6 heteroatoms. The lowest BCUT2D eigenvalue weighted by molar-refractivity contribution is -0.127. The molecular formula is C13H23N3O2S. The average Bonchev–Trinajstić information content (AvgIpc) is 2.70. The van der Waals surface area contributed by atoms with Crippen molar-refractivity contribution in [2.45, 2.75) is 44.2 Å². The molecule has 2 fully saturated rings. The molecule has 108 valence electrons. The first-order valence-electron chi connectivity index (χ1n) is 7.06. The van der Waals surface area contributed by atoms with Gasteiger partial charge in [-0.1, -0.05) is 6.42 Å². The van der Waals surface area contributed by atoms with Crippen LogP contribution in [0.4, 0.5) is 4.79 Å². The topological polar surface area (TPSA) is 61.4 Å². The molecule has 0 saturated carbocycles. The van der Waals surface area contributed by atoms with Gasteiger partial charge in [0.2, 0.25) is 0 Å². The summed E-state index contributed by atoms with van der Waals surface area (Å²) in [6, 6.07) is -0.0641. The maximum absolute atomic E-state index is 12.1. The fourth-order valence-electron chi connectivity index (χ4n) is 2.68. The van der Waals surface area contributed by atoms with Gasteiger partial charge in [-0.25, -0.2) is 4.79 Å². The van der Waals surface area contributed by atoms with Gasteiger partial charge in [-0.3, -0.25) is 9.69 Å². The van der Waals surface area contributed by atoms with E-state index in [9.17, 15) is 9.59 Å². The number of hydrogen-bond donors (Lipinski definition) is 2. The Kier molecular flexibility index (Phi) is 5.51. The summed E-state index contributed by atoms with van der Waals surface area (Å²) in [5.74, 6) is 0.851. The average molecular weight is 285 g/mol. The van der Waals surface area contributed by atoms with Crippen molar-refractivity contribution in [1.82, 2.24) is 15.5 Å². The number of carbonyl (C=O) groups is 2. The zero-order chi connectivity index (χ0) is 13.7. The minimum atomic E-state index is -0.306. The van der Waals surface area contributed by atoms with Gasteiger partial charge in [0.25, 0.3) is 5.91 Å². The second-order valence-corrected chi connectivity index (χ2v) is 6.19. The molecule has 2 N–H and O–H groups in total. The summed E-state index contributed by atoms with van der Waals surface area (Å²) in [4.78, 5) is 25.3. The van der Waals surface area contributed by atoms with E-state index in [1.165, 1.54) is 17.7 Å². The van der Waals surface area contributed by atoms with Gasteiger partial charge in [-0.15, -0.1) is 0 Å². The monoisotopic (exact) mass is 285 g/mol. The van der Waals surface area contributed by atoms with Gasteiger partial charge in [0.05, 0.1) is 0 Å². The summed E-state index contributed by atoms with van der Waals surface area (Å²) in [6.07, 6.45) is 7.23. The van der Waals surface area contributed by atoms with Crippen LogP contribution in [0.5, 0.6) is 0 Å². The van der Waals surface area contributed by atoms with Gasteiger partial charge in [0.15, 0.2) is 0 Å². The van der Waals surface area contributed by atoms with Crippen LogP contribution in [-0.4, -0.2) is 54.0 Å². The Morgan fingerprint density at radius 3 is 2.84 bits per heavy atom. The van der Waals surface area contributed by atoms with Gasteiger partial charge < -0.3 is 10.6 Å². The van der Waals surface area contributed by atoms with Crippen LogP contribution in [0.15, 0.2) is 0 Å². The van der Waals surface area contributed by atoms with E-state index in [1.54, 1.807) is 11.8 Å². The van der Waals surface area contributed by atoms with Crippen LogP contribution < -0.4 is 10.6 Å². The van der Waals surface area contributed by atoms with E-state index >= 15 is 0 Å². The van der Waals surface area contributed by atoms with Gasteiger partial charge in [-0.2, -0.15) is 11.8 Å². The molecule has 0 spiro atoms. The van der Waals surface area contributed by atoms with E-state index in [0.29, 0.717) is 12.6 Å². The highest BCUT2D eigenvalue weighted by molar-refractivity contribution is 7.98. The van der Waals surface area contributed by atoms with Crippen LogP contribution in [0.1, 0.15) is 32.1 Å². The van der Waals surface area contributed by atoms with Crippen molar-refractivity contribution in [3.8, 4) is 0 Å². The molecule has 0 aromatic rings. The maximum Gasteiger partial charge on any atom is 0.324 e. The van der Waals surface area contributed by atoms with Crippen LogP contribution >= 0.6 is 11.8 Å². The number of piperidine rings is 1. The normalized spacial score (nSPS) is 27.7. The Bertz CT molecular complexity index is 332. The van der Waals surface area contributed by atoms with Crippen molar-refractivity contribution >= 4 is 23.7 Å². The third-order valence-corrected chi connectivity index (χ3v) is 4.48. The van der Waals surface area contributed by atoms with Crippen LogP contribution in [-0.2, 0) is 4.79 Å². The molecule has 3 amide bonds. The van der Waals surface area contributed by atoms with Gasteiger partial charge >= 0.3 is 6.03 Å². The molecule has 0 aliphatic carbocycles. The van der Waals surface area contributed by atoms with Crippen molar-refractivity contribution in [2.75, 3.05) is 25.1 Å². The molecule has 2 heterocycles. The van der Waals surface area contributed by atoms with E-state index in [4.69, 9.17) is 0 Å². The lowest BCUT2D eigenvalue weighted by Gasteiger charge is -2.24. The summed E-state index contributed by atoms with van der Waals surface area (Å²) >= 11 is 1.70. The van der Waals surface area contributed by atoms with Crippen molar-refractivity contribution < 1.29 is 9.59 Å². The molecule has 2 atom stereocenters. The summed E-state index contributed by atoms with van der Waals surface area (Å²) in [7, 11) is 0. The van der Waals surface area contributed by atoms with Crippen molar-refractivity contribution in [2.24, 2.45) is 0 Å². The molecule has 2 saturated heterocycles. The van der Waals surface area contributed by atoms with E-state index in [-0.39, 0.29) is 18.0 Å². The fraction of sp³-hybridized carbons (Fsp3) is 0.846. The highest BCUT2D eigenvalue weighted by atomic mass is 32.2. The van der Waals surface area contributed by atoms with Crippen LogP contribution in [0.2, 0.25) is 0 Å². The van der Waals surface area contributed by atoms with Gasteiger partial charge in [0, 0.05) is 12.6 Å². The predicted molar refractivity (Wildman–Crippen MR) is 77.3 cm³/mol. The molecule has 2 unspecified atom stereocenters. The lowest BCUT2D eigenvalue weighted by atomic mass is 10.0. The molecule has 0 aromatic heterocycles. The maximum atomic E-state index is 12.1. The minimum Gasteiger partial charge on any atom is -0.326 e. The fourth-order valence-corrected chi connectivity index (χ4v) is 3.15. The predicted octanol–water partition coefficient (Wildman–Crippen LogP) is 1.19. The highest BCUT2D eigenvalue weighted by Crippen LogP contribution is 2.15. The second kappa shape index (κ2) is 7.14. The Balaban J connectivity index is 1.79. The number of imide groups is 1. The Labute approximate surface area is 118 Å². The van der Waals surface area contributed by atoms with Crippen molar-refractivity contribution in [3.63, 3.8) is 0 Å². The number of rotatable bonds is 6. The van der Waals surface area contributed by atoms with Crippen molar-refractivity contribution in [3.05, 3.63) is 0 Å². The summed E-state index contributed by atoms with van der Waals surface area (Å²) in [6.45, 7) is 1.60. The number of nitrogens with zero attached hydrogens (tertiary/aromatic N) is 1. The zero-order valence-corrected chi connectivity index (χ0v) is 12.3. The molecule has 0 aromatic carbocycles. The lowest BCUT2D eigenvalue weighted by Crippen LogP contribution is -2.39. The Hall–Kier alpha value is -0.750. The number of thioether (sulfide) groups is 1. The van der Waals surface area contributed by atoms with Gasteiger partial charge in [0.1, 0.15) is 6.04 Å². The summed E-state index contributed by atoms with van der Waals surface area (Å²) < 4.78 is 0. The van der Waals surface area contributed by atoms with E-state index in [0.717, 1.165) is 31.6 Å². The molecule has 0 radical (unpaired) electrons. The largest absolute Gasteiger partial charge is 0.326 e. The summed E-state index contributed by atoms with van der Waals surface area (Å²) in [5, 5.41) is 6.23. The van der Waals surface area contributed by atoms with Gasteiger partial charge in [-0.05, 0) is 44.2 Å². The molecule has 2 rings (SSSR count). The number of carbonyl (C=O) groups excluding carboxylic acids is 2. The molecular weight excluding hydrogens is 262 g/mol. The first kappa shape index (κ1) is 14.7. The third-order valence-electron chi connectivity index (χ3n) is 3.83. The summed E-state index contributed by atoms with van der Waals surface area (Å²) in [5.41, 5.74) is 0. The number of amides is 3.